The average molecular weight is 473 g/mol. The Kier molecular flexibility index (Phi) is 7.77. The fraction of sp³-hybridized carbons (Fsp3) is 0.250. The predicted molar refractivity (Wildman–Crippen MR) is 133 cm³/mol. The van der Waals surface area contributed by atoms with Gasteiger partial charge in [-0.05, 0) is 49.2 Å². The first-order valence-electron chi connectivity index (χ1n) is 11.6. The van der Waals surface area contributed by atoms with Crippen LogP contribution in [-0.2, 0) is 9.59 Å². The lowest BCUT2D eigenvalue weighted by Crippen LogP contribution is -2.40. The molecule has 0 aliphatic carbocycles. The number of ether oxygens (including phenoxy) is 2. The van der Waals surface area contributed by atoms with Crippen molar-refractivity contribution in [1.82, 2.24) is 5.32 Å². The largest absolute Gasteiger partial charge is 0.485 e. The summed E-state index contributed by atoms with van der Waals surface area (Å²) in [5.74, 6) is 0.653. The Bertz CT molecular complexity index is 1180. The number of nitrogens with zero attached hydrogens (tertiary/aromatic N) is 1. The van der Waals surface area contributed by atoms with Gasteiger partial charge in [0.1, 0.15) is 11.5 Å². The quantitative estimate of drug-likeness (QED) is 0.444. The number of hydrogen-bond acceptors (Lipinski definition) is 5. The number of amides is 2. The molecule has 0 radical (unpaired) electrons. The molecule has 180 valence electrons. The summed E-state index contributed by atoms with van der Waals surface area (Å²) in [6.45, 7) is 2.10. The van der Waals surface area contributed by atoms with Gasteiger partial charge in [-0.3, -0.25) is 14.4 Å². The summed E-state index contributed by atoms with van der Waals surface area (Å²) in [5.41, 5.74) is 1.99. The second-order valence-corrected chi connectivity index (χ2v) is 8.34. The first kappa shape index (κ1) is 24.0. The second kappa shape index (κ2) is 11.3. The van der Waals surface area contributed by atoms with E-state index in [1.54, 1.807) is 35.2 Å². The van der Waals surface area contributed by atoms with Gasteiger partial charge in [0.05, 0.1) is 11.7 Å². The molecule has 1 aliphatic heterocycles. The minimum Gasteiger partial charge on any atom is -0.485 e. The van der Waals surface area contributed by atoms with Crippen LogP contribution in [0.2, 0.25) is 0 Å². The van der Waals surface area contributed by atoms with Crippen LogP contribution in [0.3, 0.4) is 0 Å². The smallest absolute Gasteiger partial charge is 0.265 e. The number of para-hydroxylation sites is 1. The van der Waals surface area contributed by atoms with E-state index in [4.69, 9.17) is 9.47 Å². The van der Waals surface area contributed by atoms with Gasteiger partial charge in [0.15, 0.2) is 19.0 Å². The fourth-order valence-electron chi connectivity index (χ4n) is 3.91. The number of fused-ring (bicyclic) bond motifs is 1. The molecular weight excluding hydrogens is 444 g/mol. The Morgan fingerprint density at radius 1 is 1.03 bits per heavy atom. The van der Waals surface area contributed by atoms with Crippen molar-refractivity contribution in [3.63, 3.8) is 0 Å². The third kappa shape index (κ3) is 6.26. The van der Waals surface area contributed by atoms with E-state index in [9.17, 15) is 14.4 Å². The average Bonchev–Trinajstić information content (AvgIpc) is 2.89. The topological polar surface area (TPSA) is 84.9 Å². The van der Waals surface area contributed by atoms with Crippen LogP contribution in [0.15, 0.2) is 78.9 Å². The normalized spacial score (nSPS) is 13.4. The van der Waals surface area contributed by atoms with E-state index in [0.29, 0.717) is 35.7 Å². The number of anilines is 1. The molecule has 1 heterocycles. The number of nitrogens with one attached hydrogen (secondary N) is 1. The lowest BCUT2D eigenvalue weighted by molar-refractivity contribution is -0.123. The summed E-state index contributed by atoms with van der Waals surface area (Å²) < 4.78 is 11.1. The Balaban J connectivity index is 1.35. The van der Waals surface area contributed by atoms with Gasteiger partial charge in [0, 0.05) is 18.5 Å². The molecule has 0 saturated heterocycles. The van der Waals surface area contributed by atoms with Crippen molar-refractivity contribution in [3.05, 3.63) is 90.0 Å². The highest BCUT2D eigenvalue weighted by Gasteiger charge is 2.26. The summed E-state index contributed by atoms with van der Waals surface area (Å²) in [7, 11) is 0. The number of carbonyl (C=O) groups excluding carboxylic acids is 3. The molecule has 1 aliphatic rings. The molecule has 3 aromatic carbocycles. The van der Waals surface area contributed by atoms with E-state index in [1.807, 2.05) is 55.5 Å². The first-order valence-corrected chi connectivity index (χ1v) is 11.6. The van der Waals surface area contributed by atoms with E-state index in [-0.39, 0.29) is 43.3 Å². The first-order chi connectivity index (χ1) is 17.0. The maximum absolute atomic E-state index is 12.7. The Morgan fingerprint density at radius 2 is 1.74 bits per heavy atom. The van der Waals surface area contributed by atoms with Crippen LogP contribution >= 0.6 is 0 Å². The monoisotopic (exact) mass is 472 g/mol. The van der Waals surface area contributed by atoms with Gasteiger partial charge >= 0.3 is 0 Å². The summed E-state index contributed by atoms with van der Waals surface area (Å²) in [5, 5.41) is 2.99. The van der Waals surface area contributed by atoms with Crippen LogP contribution in [0.4, 0.5) is 5.69 Å². The van der Waals surface area contributed by atoms with Gasteiger partial charge < -0.3 is 19.7 Å². The lowest BCUT2D eigenvalue weighted by atomic mass is 10.1. The van der Waals surface area contributed by atoms with Crippen LogP contribution in [0.1, 0.15) is 41.7 Å². The zero-order valence-corrected chi connectivity index (χ0v) is 19.6. The minimum atomic E-state index is -0.208. The highest BCUT2D eigenvalue weighted by Crippen LogP contribution is 2.33. The van der Waals surface area contributed by atoms with E-state index in [1.165, 1.54) is 0 Å². The molecule has 0 fully saturated rings. The second-order valence-electron chi connectivity index (χ2n) is 8.34. The Morgan fingerprint density at radius 3 is 2.49 bits per heavy atom. The van der Waals surface area contributed by atoms with Gasteiger partial charge in [0.25, 0.3) is 5.91 Å². The van der Waals surface area contributed by atoms with Crippen LogP contribution in [-0.4, -0.2) is 37.4 Å². The highest BCUT2D eigenvalue weighted by molar-refractivity contribution is 6.02. The van der Waals surface area contributed by atoms with Crippen molar-refractivity contribution in [2.45, 2.75) is 25.8 Å². The SMILES string of the molecule is C[C@H](NC(=O)CCCN1C(=O)COc2ccc(C(=O)COc3ccccc3)cc21)c1ccccc1. The summed E-state index contributed by atoms with van der Waals surface area (Å²) in [4.78, 5) is 39.3. The molecule has 0 spiro atoms. The number of ketones is 1. The molecular formula is C28H28N2O5. The maximum atomic E-state index is 12.7. The standard InChI is InChI=1S/C28H28N2O5/c1-20(21-9-4-2-5-10-21)29-27(32)13-8-16-30-24-17-22(14-15-26(24)35-19-28(30)33)25(31)18-34-23-11-6-3-7-12-23/h2-7,9-12,14-15,17,20H,8,13,16,18-19H2,1H3,(H,29,32)/t20-/m0/s1. The molecule has 7 nitrogen and oxygen atoms in total. The number of hydrogen-bond donors (Lipinski definition) is 1. The predicted octanol–water partition coefficient (Wildman–Crippen LogP) is 4.33. The summed E-state index contributed by atoms with van der Waals surface area (Å²) in [6.07, 6.45) is 0.758. The zero-order valence-electron chi connectivity index (χ0n) is 19.6. The molecule has 0 saturated carbocycles. The van der Waals surface area contributed by atoms with Crippen molar-refractivity contribution >= 4 is 23.3 Å². The van der Waals surface area contributed by atoms with Gasteiger partial charge in [-0.15, -0.1) is 0 Å². The van der Waals surface area contributed by atoms with E-state index in [2.05, 4.69) is 5.32 Å². The molecule has 0 bridgehead atoms. The Labute approximate surface area is 204 Å². The van der Waals surface area contributed by atoms with Gasteiger partial charge in [-0.2, -0.15) is 0 Å². The van der Waals surface area contributed by atoms with Crippen molar-refractivity contribution in [3.8, 4) is 11.5 Å². The van der Waals surface area contributed by atoms with Crippen LogP contribution in [0.25, 0.3) is 0 Å². The fourth-order valence-corrected chi connectivity index (χ4v) is 3.91. The summed E-state index contributed by atoms with van der Waals surface area (Å²) in [6, 6.07) is 23.8. The van der Waals surface area contributed by atoms with Gasteiger partial charge in [0.2, 0.25) is 5.91 Å². The Hall–Kier alpha value is -4.13. The molecule has 0 unspecified atom stereocenters. The lowest BCUT2D eigenvalue weighted by Gasteiger charge is -2.29. The number of Topliss-reactive ketones (excluding diaryl/α,β-unsaturated/α-hetero) is 1. The van der Waals surface area contributed by atoms with E-state index >= 15 is 0 Å². The molecule has 35 heavy (non-hydrogen) atoms. The number of benzene rings is 3. The molecule has 2 amide bonds. The number of rotatable bonds is 10. The third-order valence-corrected chi connectivity index (χ3v) is 5.80. The zero-order chi connectivity index (χ0) is 24.6. The maximum Gasteiger partial charge on any atom is 0.265 e. The molecule has 7 heteroatoms. The van der Waals surface area contributed by atoms with E-state index < -0.39 is 0 Å². The van der Waals surface area contributed by atoms with Crippen LogP contribution < -0.4 is 19.7 Å². The molecule has 1 N–H and O–H groups in total. The molecule has 0 aromatic heterocycles. The third-order valence-electron chi connectivity index (χ3n) is 5.80. The highest BCUT2D eigenvalue weighted by atomic mass is 16.5. The van der Waals surface area contributed by atoms with Crippen LogP contribution in [0, 0.1) is 0 Å². The van der Waals surface area contributed by atoms with E-state index in [0.717, 1.165) is 5.56 Å². The number of carbonyl (C=O) groups is 3. The van der Waals surface area contributed by atoms with Gasteiger partial charge in [-0.25, -0.2) is 0 Å². The van der Waals surface area contributed by atoms with Crippen molar-refractivity contribution in [1.29, 1.82) is 0 Å². The minimum absolute atomic E-state index is 0.0748. The van der Waals surface area contributed by atoms with Crippen molar-refractivity contribution in [2.75, 3.05) is 24.7 Å². The van der Waals surface area contributed by atoms with Crippen molar-refractivity contribution < 1.29 is 23.9 Å². The van der Waals surface area contributed by atoms with Crippen LogP contribution in [0.5, 0.6) is 11.5 Å². The molecule has 3 aromatic rings. The van der Waals surface area contributed by atoms with Crippen molar-refractivity contribution in [2.24, 2.45) is 0 Å². The summed E-state index contributed by atoms with van der Waals surface area (Å²) >= 11 is 0. The molecule has 1 atom stereocenters. The molecule has 4 rings (SSSR count). The van der Waals surface area contributed by atoms with Gasteiger partial charge in [-0.1, -0.05) is 48.5 Å².